The van der Waals surface area contributed by atoms with Gasteiger partial charge in [-0.25, -0.2) is 4.98 Å². The predicted molar refractivity (Wildman–Crippen MR) is 110 cm³/mol. The summed E-state index contributed by atoms with van der Waals surface area (Å²) in [6, 6.07) is 26.7. The van der Waals surface area contributed by atoms with Crippen LogP contribution in [0.2, 0.25) is 0 Å². The molecule has 0 aliphatic carbocycles. The van der Waals surface area contributed by atoms with Crippen molar-refractivity contribution in [3.63, 3.8) is 0 Å². The first kappa shape index (κ1) is 17.2. The van der Waals surface area contributed by atoms with E-state index in [0.717, 1.165) is 16.9 Å². The molecule has 3 aromatic carbocycles. The van der Waals surface area contributed by atoms with E-state index in [1.807, 2.05) is 37.3 Å². The molecule has 1 aromatic heterocycles. The zero-order chi connectivity index (χ0) is 18.8. The fraction of sp³-hybridized carbons (Fsp3) is 0.167. The standard InChI is InChI=1S/C24H22N2O/c1-17(18(2)27)26-23-11-7-6-10-22(23)25-24(26)16-19-12-14-21(15-13-19)20-8-4-3-5-9-20/h3-15,17H,16H2,1-2H3. The van der Waals surface area contributed by atoms with E-state index in [2.05, 4.69) is 53.1 Å². The Balaban J connectivity index is 1.69. The van der Waals surface area contributed by atoms with Gasteiger partial charge in [-0.05, 0) is 42.7 Å². The van der Waals surface area contributed by atoms with Crippen LogP contribution in [0.4, 0.5) is 0 Å². The number of fused-ring (bicyclic) bond motifs is 1. The summed E-state index contributed by atoms with van der Waals surface area (Å²) >= 11 is 0. The molecule has 0 saturated carbocycles. The average Bonchev–Trinajstić information content (AvgIpc) is 3.06. The average molecular weight is 354 g/mol. The quantitative estimate of drug-likeness (QED) is 0.478. The molecule has 1 heterocycles. The van der Waals surface area contributed by atoms with Crippen molar-refractivity contribution >= 4 is 16.8 Å². The van der Waals surface area contributed by atoms with Gasteiger partial charge in [0.1, 0.15) is 5.82 Å². The number of carbonyl (C=O) groups is 1. The lowest BCUT2D eigenvalue weighted by molar-refractivity contribution is -0.119. The molecule has 1 atom stereocenters. The second-order valence-corrected chi connectivity index (χ2v) is 6.91. The van der Waals surface area contributed by atoms with Gasteiger partial charge >= 0.3 is 0 Å². The van der Waals surface area contributed by atoms with Gasteiger partial charge < -0.3 is 4.57 Å². The molecule has 0 radical (unpaired) electrons. The first-order valence-corrected chi connectivity index (χ1v) is 9.24. The molecule has 27 heavy (non-hydrogen) atoms. The van der Waals surface area contributed by atoms with Crippen molar-refractivity contribution in [1.82, 2.24) is 9.55 Å². The molecule has 0 aliphatic heterocycles. The van der Waals surface area contributed by atoms with E-state index >= 15 is 0 Å². The summed E-state index contributed by atoms with van der Waals surface area (Å²) in [7, 11) is 0. The minimum Gasteiger partial charge on any atom is -0.317 e. The van der Waals surface area contributed by atoms with Gasteiger partial charge in [-0.3, -0.25) is 4.79 Å². The molecule has 0 N–H and O–H groups in total. The number of hydrogen-bond donors (Lipinski definition) is 0. The van der Waals surface area contributed by atoms with Gasteiger partial charge in [0.2, 0.25) is 0 Å². The summed E-state index contributed by atoms with van der Waals surface area (Å²) in [5, 5.41) is 0. The fourth-order valence-electron chi connectivity index (χ4n) is 3.46. The number of aromatic nitrogens is 2. The molecule has 3 nitrogen and oxygen atoms in total. The first-order chi connectivity index (χ1) is 13.1. The largest absolute Gasteiger partial charge is 0.317 e. The third kappa shape index (κ3) is 3.41. The number of carbonyl (C=O) groups excluding carboxylic acids is 1. The molecular weight excluding hydrogens is 332 g/mol. The maximum atomic E-state index is 12.0. The number of para-hydroxylation sites is 2. The Morgan fingerprint density at radius 2 is 1.52 bits per heavy atom. The van der Waals surface area contributed by atoms with E-state index in [1.165, 1.54) is 16.7 Å². The number of ketones is 1. The molecular formula is C24H22N2O. The second kappa shape index (κ2) is 7.20. The molecule has 0 fully saturated rings. The fourth-order valence-corrected chi connectivity index (χ4v) is 3.46. The van der Waals surface area contributed by atoms with Crippen LogP contribution in [-0.2, 0) is 11.2 Å². The Kier molecular flexibility index (Phi) is 4.59. The monoisotopic (exact) mass is 354 g/mol. The number of nitrogens with zero attached hydrogens (tertiary/aromatic N) is 2. The number of imidazole rings is 1. The molecule has 0 aliphatic rings. The van der Waals surface area contributed by atoms with Gasteiger partial charge in [-0.1, -0.05) is 66.7 Å². The van der Waals surface area contributed by atoms with E-state index in [0.29, 0.717) is 6.42 Å². The smallest absolute Gasteiger partial charge is 0.152 e. The van der Waals surface area contributed by atoms with Gasteiger partial charge in [0.15, 0.2) is 5.78 Å². The Morgan fingerprint density at radius 1 is 0.889 bits per heavy atom. The molecule has 0 saturated heterocycles. The van der Waals surface area contributed by atoms with Crippen molar-refractivity contribution in [3.05, 3.63) is 90.3 Å². The topological polar surface area (TPSA) is 34.9 Å². The van der Waals surface area contributed by atoms with Gasteiger partial charge in [-0.15, -0.1) is 0 Å². The lowest BCUT2D eigenvalue weighted by atomic mass is 10.0. The van der Waals surface area contributed by atoms with Crippen LogP contribution in [0.1, 0.15) is 31.3 Å². The van der Waals surface area contributed by atoms with Crippen molar-refractivity contribution in [2.24, 2.45) is 0 Å². The molecule has 4 rings (SSSR count). The van der Waals surface area contributed by atoms with Crippen molar-refractivity contribution in [2.45, 2.75) is 26.3 Å². The number of benzene rings is 3. The van der Waals surface area contributed by atoms with Crippen LogP contribution in [0.5, 0.6) is 0 Å². The number of Topliss-reactive ketones (excluding diaryl/α,β-unsaturated/α-hetero) is 1. The number of rotatable bonds is 5. The van der Waals surface area contributed by atoms with Crippen molar-refractivity contribution in [1.29, 1.82) is 0 Å². The van der Waals surface area contributed by atoms with Gasteiger partial charge in [0.25, 0.3) is 0 Å². The molecule has 134 valence electrons. The maximum Gasteiger partial charge on any atom is 0.152 e. The molecule has 0 spiro atoms. The molecule has 3 heteroatoms. The summed E-state index contributed by atoms with van der Waals surface area (Å²) in [6.45, 7) is 3.58. The van der Waals surface area contributed by atoms with Gasteiger partial charge in [0, 0.05) is 6.42 Å². The highest BCUT2D eigenvalue weighted by Gasteiger charge is 2.18. The summed E-state index contributed by atoms with van der Waals surface area (Å²) < 4.78 is 2.07. The molecule has 0 amide bonds. The van der Waals surface area contributed by atoms with E-state index in [9.17, 15) is 4.79 Å². The predicted octanol–water partition coefficient (Wildman–Crippen LogP) is 5.44. The van der Waals surface area contributed by atoms with Crippen LogP contribution in [-0.4, -0.2) is 15.3 Å². The highest BCUT2D eigenvalue weighted by atomic mass is 16.1. The third-order valence-corrected chi connectivity index (χ3v) is 5.07. The summed E-state index contributed by atoms with van der Waals surface area (Å²) in [5.41, 5.74) is 5.53. The Hall–Kier alpha value is -3.20. The van der Waals surface area contributed by atoms with Crippen LogP contribution >= 0.6 is 0 Å². The minimum atomic E-state index is -0.226. The van der Waals surface area contributed by atoms with Gasteiger partial charge in [-0.2, -0.15) is 0 Å². The maximum absolute atomic E-state index is 12.0. The van der Waals surface area contributed by atoms with E-state index < -0.39 is 0 Å². The van der Waals surface area contributed by atoms with Crippen molar-refractivity contribution in [3.8, 4) is 11.1 Å². The zero-order valence-corrected chi connectivity index (χ0v) is 15.6. The number of hydrogen-bond acceptors (Lipinski definition) is 2. The summed E-state index contributed by atoms with van der Waals surface area (Å²) in [4.78, 5) is 16.8. The van der Waals surface area contributed by atoms with E-state index in [-0.39, 0.29) is 11.8 Å². The normalized spacial score (nSPS) is 12.2. The summed E-state index contributed by atoms with van der Waals surface area (Å²) in [5.74, 6) is 1.06. The first-order valence-electron chi connectivity index (χ1n) is 9.24. The van der Waals surface area contributed by atoms with Crippen LogP contribution in [0, 0.1) is 0 Å². The Labute approximate surface area is 159 Å². The highest BCUT2D eigenvalue weighted by molar-refractivity contribution is 5.84. The van der Waals surface area contributed by atoms with Crippen LogP contribution in [0.3, 0.4) is 0 Å². The summed E-state index contributed by atoms with van der Waals surface area (Å²) in [6.07, 6.45) is 0.696. The van der Waals surface area contributed by atoms with E-state index in [1.54, 1.807) is 6.92 Å². The van der Waals surface area contributed by atoms with Crippen LogP contribution in [0.25, 0.3) is 22.2 Å². The highest BCUT2D eigenvalue weighted by Crippen LogP contribution is 2.25. The lowest BCUT2D eigenvalue weighted by Gasteiger charge is -2.15. The lowest BCUT2D eigenvalue weighted by Crippen LogP contribution is -2.16. The Morgan fingerprint density at radius 3 is 2.22 bits per heavy atom. The minimum absolute atomic E-state index is 0.138. The van der Waals surface area contributed by atoms with Crippen molar-refractivity contribution < 1.29 is 4.79 Å². The second-order valence-electron chi connectivity index (χ2n) is 6.91. The van der Waals surface area contributed by atoms with Crippen molar-refractivity contribution in [2.75, 3.05) is 0 Å². The van der Waals surface area contributed by atoms with E-state index in [4.69, 9.17) is 4.98 Å². The Bertz CT molecular complexity index is 1080. The molecule has 1 unspecified atom stereocenters. The van der Waals surface area contributed by atoms with Crippen LogP contribution in [0.15, 0.2) is 78.9 Å². The third-order valence-electron chi connectivity index (χ3n) is 5.07. The van der Waals surface area contributed by atoms with Crippen LogP contribution < -0.4 is 0 Å². The zero-order valence-electron chi connectivity index (χ0n) is 15.6. The molecule has 4 aromatic rings. The molecule has 0 bridgehead atoms. The SMILES string of the molecule is CC(=O)C(C)n1c(Cc2ccc(-c3ccccc3)cc2)nc2ccccc21. The van der Waals surface area contributed by atoms with Gasteiger partial charge in [0.05, 0.1) is 17.1 Å².